The number of halogens is 1. The first kappa shape index (κ1) is 23.8. The Morgan fingerprint density at radius 2 is 1.81 bits per heavy atom. The van der Waals surface area contributed by atoms with Crippen LogP contribution in [0.3, 0.4) is 0 Å². The van der Waals surface area contributed by atoms with Gasteiger partial charge in [0.15, 0.2) is 17.5 Å². The second-order valence-electron chi connectivity index (χ2n) is 6.93. The summed E-state index contributed by atoms with van der Waals surface area (Å²) in [5.41, 5.74) is 1.20. The van der Waals surface area contributed by atoms with Crippen molar-refractivity contribution >= 4 is 29.9 Å². The molecule has 7 heteroatoms. The van der Waals surface area contributed by atoms with Crippen molar-refractivity contribution in [2.45, 2.75) is 45.2 Å². The van der Waals surface area contributed by atoms with Crippen LogP contribution >= 0.6 is 24.0 Å². The summed E-state index contributed by atoms with van der Waals surface area (Å²) in [6.07, 6.45) is 3.58. The minimum atomic E-state index is 0. The molecule has 0 atom stereocenters. The number of methoxy groups -OCH3 is 2. The van der Waals surface area contributed by atoms with Crippen molar-refractivity contribution < 1.29 is 9.47 Å². The topological polar surface area (TPSA) is 58.1 Å². The van der Waals surface area contributed by atoms with E-state index in [1.165, 1.54) is 18.4 Å². The summed E-state index contributed by atoms with van der Waals surface area (Å²) in [6.45, 7) is 7.32. The van der Waals surface area contributed by atoms with Crippen molar-refractivity contribution in [1.29, 1.82) is 0 Å². The molecule has 0 unspecified atom stereocenters. The average Bonchev–Trinajstić information content (AvgIpc) is 3.48. The number of hydrogen-bond acceptors (Lipinski definition) is 4. The van der Waals surface area contributed by atoms with Gasteiger partial charge in [0.2, 0.25) is 0 Å². The highest BCUT2D eigenvalue weighted by Crippen LogP contribution is 2.28. The smallest absolute Gasteiger partial charge is 0.191 e. The lowest BCUT2D eigenvalue weighted by atomic mass is 10.1. The molecule has 0 aliphatic heterocycles. The minimum Gasteiger partial charge on any atom is -0.493 e. The van der Waals surface area contributed by atoms with E-state index in [1.54, 1.807) is 14.2 Å². The second kappa shape index (κ2) is 12.3. The molecule has 0 heterocycles. The van der Waals surface area contributed by atoms with E-state index in [4.69, 9.17) is 9.47 Å². The van der Waals surface area contributed by atoms with Crippen LogP contribution < -0.4 is 20.1 Å². The molecule has 27 heavy (non-hydrogen) atoms. The number of benzene rings is 1. The number of nitrogens with one attached hydrogen (secondary N) is 2. The zero-order chi connectivity index (χ0) is 18.9. The summed E-state index contributed by atoms with van der Waals surface area (Å²) in [7, 11) is 5.12. The largest absolute Gasteiger partial charge is 0.493 e. The molecule has 1 aliphatic carbocycles. The lowest BCUT2D eigenvalue weighted by molar-refractivity contribution is 0.215. The number of ether oxygens (including phenoxy) is 2. The van der Waals surface area contributed by atoms with Crippen molar-refractivity contribution in [3.63, 3.8) is 0 Å². The third-order valence-corrected chi connectivity index (χ3v) is 4.72. The first-order chi connectivity index (χ1) is 12.6. The van der Waals surface area contributed by atoms with E-state index >= 15 is 0 Å². The maximum atomic E-state index is 5.36. The van der Waals surface area contributed by atoms with Crippen LogP contribution in [-0.4, -0.2) is 63.8 Å². The molecule has 1 aromatic rings. The molecule has 0 spiro atoms. The van der Waals surface area contributed by atoms with E-state index < -0.39 is 0 Å². The van der Waals surface area contributed by atoms with Crippen LogP contribution in [0.15, 0.2) is 23.2 Å². The van der Waals surface area contributed by atoms with Gasteiger partial charge >= 0.3 is 0 Å². The van der Waals surface area contributed by atoms with Gasteiger partial charge in [-0.2, -0.15) is 0 Å². The van der Waals surface area contributed by atoms with Gasteiger partial charge < -0.3 is 20.1 Å². The number of nitrogens with zero attached hydrogens (tertiary/aromatic N) is 2. The fraction of sp³-hybridized carbons (Fsp3) is 0.650. The van der Waals surface area contributed by atoms with Gasteiger partial charge in [0, 0.05) is 38.8 Å². The second-order valence-corrected chi connectivity index (χ2v) is 6.93. The van der Waals surface area contributed by atoms with Gasteiger partial charge in [-0.15, -0.1) is 24.0 Å². The highest BCUT2D eigenvalue weighted by atomic mass is 127. The predicted octanol–water partition coefficient (Wildman–Crippen LogP) is 2.90. The molecular formula is C20H35IN4O2. The van der Waals surface area contributed by atoms with Gasteiger partial charge in [-0.1, -0.05) is 6.07 Å². The summed E-state index contributed by atoms with van der Waals surface area (Å²) in [5, 5.41) is 6.80. The first-order valence-corrected chi connectivity index (χ1v) is 9.50. The lowest BCUT2D eigenvalue weighted by Crippen LogP contribution is -2.44. The zero-order valence-corrected chi connectivity index (χ0v) is 19.6. The Morgan fingerprint density at radius 1 is 1.15 bits per heavy atom. The van der Waals surface area contributed by atoms with E-state index in [0.717, 1.165) is 49.6 Å². The standard InChI is InChI=1S/C20H34N4O2.HI/c1-15(2)24(17-7-8-17)13-12-23-20(21-3)22-11-10-16-6-9-18(25-4)19(14-16)26-5;/h6,9,14-15,17H,7-8,10-13H2,1-5H3,(H2,21,22,23);1H. The van der Waals surface area contributed by atoms with E-state index in [1.807, 2.05) is 19.2 Å². The summed E-state index contributed by atoms with van der Waals surface area (Å²) >= 11 is 0. The molecule has 1 aromatic carbocycles. The van der Waals surface area contributed by atoms with Crippen LogP contribution in [0.2, 0.25) is 0 Å². The van der Waals surface area contributed by atoms with Gasteiger partial charge in [0.05, 0.1) is 14.2 Å². The van der Waals surface area contributed by atoms with Gasteiger partial charge in [0.25, 0.3) is 0 Å². The third-order valence-electron chi connectivity index (χ3n) is 4.72. The van der Waals surface area contributed by atoms with Gasteiger partial charge in [-0.25, -0.2) is 0 Å². The van der Waals surface area contributed by atoms with Crippen LogP contribution in [0.1, 0.15) is 32.3 Å². The SMILES string of the molecule is CN=C(NCCc1ccc(OC)c(OC)c1)NCCN(C(C)C)C1CC1.I. The summed E-state index contributed by atoms with van der Waals surface area (Å²) < 4.78 is 10.6. The molecule has 0 aromatic heterocycles. The zero-order valence-electron chi connectivity index (χ0n) is 17.2. The monoisotopic (exact) mass is 490 g/mol. The fourth-order valence-electron chi connectivity index (χ4n) is 3.15. The van der Waals surface area contributed by atoms with E-state index in [0.29, 0.717) is 6.04 Å². The van der Waals surface area contributed by atoms with Crippen LogP contribution in [0.5, 0.6) is 11.5 Å². The minimum absolute atomic E-state index is 0. The third kappa shape index (κ3) is 7.73. The molecular weight excluding hydrogens is 455 g/mol. The maximum Gasteiger partial charge on any atom is 0.191 e. The normalized spacial score (nSPS) is 14.1. The molecule has 1 aliphatic rings. The average molecular weight is 490 g/mol. The Morgan fingerprint density at radius 3 is 2.37 bits per heavy atom. The molecule has 0 amide bonds. The Hall–Kier alpha value is -1.22. The Balaban J connectivity index is 0.00000364. The van der Waals surface area contributed by atoms with Gasteiger partial charge in [-0.05, 0) is 50.8 Å². The summed E-state index contributed by atoms with van der Waals surface area (Å²) in [6, 6.07) is 7.42. The van der Waals surface area contributed by atoms with Crippen molar-refractivity contribution in [2.24, 2.45) is 4.99 Å². The van der Waals surface area contributed by atoms with Crippen LogP contribution in [0.25, 0.3) is 0 Å². The number of aliphatic imine (C=N–C) groups is 1. The quantitative estimate of drug-likeness (QED) is 0.300. The molecule has 0 bridgehead atoms. The van der Waals surface area contributed by atoms with E-state index in [9.17, 15) is 0 Å². The van der Waals surface area contributed by atoms with Crippen LogP contribution in [0, 0.1) is 0 Å². The molecule has 1 fully saturated rings. The van der Waals surface area contributed by atoms with E-state index in [-0.39, 0.29) is 24.0 Å². The molecule has 2 rings (SSSR count). The number of hydrogen-bond donors (Lipinski definition) is 2. The maximum absolute atomic E-state index is 5.36. The predicted molar refractivity (Wildman–Crippen MR) is 123 cm³/mol. The van der Waals surface area contributed by atoms with Gasteiger partial charge in [0.1, 0.15) is 0 Å². The van der Waals surface area contributed by atoms with Crippen LogP contribution in [-0.2, 0) is 6.42 Å². The molecule has 6 nitrogen and oxygen atoms in total. The van der Waals surface area contributed by atoms with Crippen molar-refractivity contribution in [3.8, 4) is 11.5 Å². The fourth-order valence-corrected chi connectivity index (χ4v) is 3.15. The molecule has 154 valence electrons. The lowest BCUT2D eigenvalue weighted by Gasteiger charge is -2.26. The summed E-state index contributed by atoms with van der Waals surface area (Å²) in [5.74, 6) is 2.37. The van der Waals surface area contributed by atoms with Crippen molar-refractivity contribution in [1.82, 2.24) is 15.5 Å². The molecule has 0 radical (unpaired) electrons. The first-order valence-electron chi connectivity index (χ1n) is 9.50. The molecule has 1 saturated carbocycles. The number of rotatable bonds is 10. The highest BCUT2D eigenvalue weighted by molar-refractivity contribution is 14.0. The molecule has 2 N–H and O–H groups in total. The summed E-state index contributed by atoms with van der Waals surface area (Å²) in [4.78, 5) is 6.89. The highest BCUT2D eigenvalue weighted by Gasteiger charge is 2.30. The Labute approximate surface area is 181 Å². The van der Waals surface area contributed by atoms with E-state index in [2.05, 4.69) is 40.4 Å². The molecule has 0 saturated heterocycles. The van der Waals surface area contributed by atoms with Gasteiger partial charge in [-0.3, -0.25) is 9.89 Å². The van der Waals surface area contributed by atoms with Crippen molar-refractivity contribution in [2.75, 3.05) is 40.9 Å². The Kier molecular flexibility index (Phi) is 10.8. The Bertz CT molecular complexity index is 589. The van der Waals surface area contributed by atoms with Crippen LogP contribution in [0.4, 0.5) is 0 Å². The number of guanidine groups is 1. The van der Waals surface area contributed by atoms with Crippen molar-refractivity contribution in [3.05, 3.63) is 23.8 Å².